The molecular weight excluding hydrogens is 232 g/mol. The van der Waals surface area contributed by atoms with Crippen molar-refractivity contribution in [3.63, 3.8) is 0 Å². The van der Waals surface area contributed by atoms with E-state index in [0.29, 0.717) is 12.1 Å². The fourth-order valence-electron chi connectivity index (χ4n) is 4.26. The highest BCUT2D eigenvalue weighted by atomic mass is 14.6. The first-order valence-corrected chi connectivity index (χ1v) is 8.77. The number of nitrogens with two attached hydrogens (primary N) is 2. The van der Waals surface area contributed by atoms with Crippen molar-refractivity contribution in [3.8, 4) is 0 Å². The molecule has 2 heteroatoms. The van der Waals surface area contributed by atoms with E-state index in [1.807, 2.05) is 0 Å². The first-order valence-electron chi connectivity index (χ1n) is 8.77. The Morgan fingerprint density at radius 2 is 0.737 bits per heavy atom. The Balaban J connectivity index is 1.84. The van der Waals surface area contributed by atoms with Crippen LogP contribution in [-0.2, 0) is 0 Å². The van der Waals surface area contributed by atoms with Crippen LogP contribution in [0.15, 0.2) is 0 Å². The van der Waals surface area contributed by atoms with Crippen LogP contribution in [0, 0.1) is 11.8 Å². The van der Waals surface area contributed by atoms with Gasteiger partial charge in [0.15, 0.2) is 0 Å². The summed E-state index contributed by atoms with van der Waals surface area (Å²) in [6.45, 7) is 0. The zero-order valence-electron chi connectivity index (χ0n) is 12.7. The Bertz CT molecular complexity index is 219. The molecule has 0 saturated heterocycles. The summed E-state index contributed by atoms with van der Waals surface area (Å²) >= 11 is 0. The highest BCUT2D eigenvalue weighted by Crippen LogP contribution is 2.37. The molecular formula is C17H34N2. The van der Waals surface area contributed by atoms with Crippen molar-refractivity contribution in [1.82, 2.24) is 0 Å². The molecule has 0 bridgehead atoms. The summed E-state index contributed by atoms with van der Waals surface area (Å²) in [5, 5.41) is 0. The van der Waals surface area contributed by atoms with Gasteiger partial charge in [-0.15, -0.1) is 0 Å². The van der Waals surface area contributed by atoms with Crippen LogP contribution in [0.5, 0.6) is 0 Å². The van der Waals surface area contributed by atoms with E-state index in [1.54, 1.807) is 0 Å². The first kappa shape index (κ1) is 15.3. The van der Waals surface area contributed by atoms with Crippen molar-refractivity contribution in [2.24, 2.45) is 23.3 Å². The number of hydrogen-bond acceptors (Lipinski definition) is 2. The monoisotopic (exact) mass is 266 g/mol. The lowest BCUT2D eigenvalue weighted by Gasteiger charge is -2.25. The number of hydrogen-bond donors (Lipinski definition) is 2. The van der Waals surface area contributed by atoms with Gasteiger partial charge in [-0.2, -0.15) is 0 Å². The Morgan fingerprint density at radius 3 is 1.16 bits per heavy atom. The molecule has 0 aromatic carbocycles. The van der Waals surface area contributed by atoms with Crippen LogP contribution in [-0.4, -0.2) is 12.1 Å². The minimum absolute atomic E-state index is 0.427. The van der Waals surface area contributed by atoms with E-state index in [0.717, 1.165) is 11.8 Å². The van der Waals surface area contributed by atoms with E-state index >= 15 is 0 Å². The molecule has 2 aliphatic rings. The maximum atomic E-state index is 6.22. The predicted molar refractivity (Wildman–Crippen MR) is 83.0 cm³/mol. The summed E-state index contributed by atoms with van der Waals surface area (Å²) in [6, 6.07) is 0.853. The first-order chi connectivity index (χ1) is 9.25. The Hall–Kier alpha value is -0.0800. The van der Waals surface area contributed by atoms with Gasteiger partial charge >= 0.3 is 0 Å². The lowest BCUT2D eigenvalue weighted by atomic mass is 9.81. The molecule has 2 rings (SSSR count). The average Bonchev–Trinajstić information content (AvgIpc) is 2.89. The molecule has 0 radical (unpaired) electrons. The van der Waals surface area contributed by atoms with Gasteiger partial charge < -0.3 is 11.5 Å². The predicted octanol–water partition coefficient (Wildman–Crippen LogP) is 3.97. The summed E-state index contributed by atoms with van der Waals surface area (Å²) in [4.78, 5) is 0. The lowest BCUT2D eigenvalue weighted by molar-refractivity contribution is 0.272. The maximum Gasteiger partial charge on any atom is 0.00388 e. The fraction of sp³-hybridized carbons (Fsp3) is 1.00. The molecule has 2 aliphatic carbocycles. The minimum atomic E-state index is 0.427. The second kappa shape index (κ2) is 8.26. The quantitative estimate of drug-likeness (QED) is 0.754. The van der Waals surface area contributed by atoms with Crippen LogP contribution in [0.3, 0.4) is 0 Å². The van der Waals surface area contributed by atoms with Crippen LogP contribution in [0.4, 0.5) is 0 Å². The Labute approximate surface area is 119 Å². The van der Waals surface area contributed by atoms with Gasteiger partial charge in [0.2, 0.25) is 0 Å². The SMILES string of the molecule is N[C@@H]1CCCC(C2CCCC2)CCC[C@H](N)CCC1. The Morgan fingerprint density at radius 1 is 0.421 bits per heavy atom. The molecule has 19 heavy (non-hydrogen) atoms. The number of rotatable bonds is 1. The van der Waals surface area contributed by atoms with Gasteiger partial charge in [-0.25, -0.2) is 0 Å². The molecule has 4 N–H and O–H groups in total. The summed E-state index contributed by atoms with van der Waals surface area (Å²) in [6.07, 6.45) is 17.5. The largest absolute Gasteiger partial charge is 0.328 e. The van der Waals surface area contributed by atoms with Crippen LogP contribution < -0.4 is 11.5 Å². The van der Waals surface area contributed by atoms with E-state index in [9.17, 15) is 0 Å². The standard InChI is InChI=1S/C17H34N2/c18-16-10-3-8-15(14-6-1-2-7-14)9-4-11-17(19)13-5-12-16/h14-17H,1-13,18-19H2/t15?,16-,17+. The third kappa shape index (κ3) is 5.43. The van der Waals surface area contributed by atoms with Crippen molar-refractivity contribution in [3.05, 3.63) is 0 Å². The Kier molecular flexibility index (Phi) is 6.66. The summed E-state index contributed by atoms with van der Waals surface area (Å²) < 4.78 is 0. The van der Waals surface area contributed by atoms with Gasteiger partial charge in [-0.3, -0.25) is 0 Å². The van der Waals surface area contributed by atoms with E-state index in [1.165, 1.54) is 83.5 Å². The molecule has 1 unspecified atom stereocenters. The van der Waals surface area contributed by atoms with Crippen molar-refractivity contribution in [1.29, 1.82) is 0 Å². The van der Waals surface area contributed by atoms with Gasteiger partial charge in [0.1, 0.15) is 0 Å². The van der Waals surface area contributed by atoms with Gasteiger partial charge in [0.25, 0.3) is 0 Å². The minimum Gasteiger partial charge on any atom is -0.328 e. The van der Waals surface area contributed by atoms with Gasteiger partial charge in [-0.05, 0) is 37.5 Å². The summed E-state index contributed by atoms with van der Waals surface area (Å²) in [5.41, 5.74) is 12.4. The molecule has 2 saturated carbocycles. The second-order valence-corrected chi connectivity index (χ2v) is 7.12. The van der Waals surface area contributed by atoms with Crippen molar-refractivity contribution < 1.29 is 0 Å². The zero-order valence-corrected chi connectivity index (χ0v) is 12.7. The van der Waals surface area contributed by atoms with Crippen LogP contribution >= 0.6 is 0 Å². The highest BCUT2D eigenvalue weighted by molar-refractivity contribution is 4.78. The normalized spacial score (nSPS) is 36.6. The molecule has 0 heterocycles. The summed E-state index contributed by atoms with van der Waals surface area (Å²) in [7, 11) is 0. The van der Waals surface area contributed by atoms with E-state index in [4.69, 9.17) is 11.5 Å². The topological polar surface area (TPSA) is 52.0 Å². The maximum absolute atomic E-state index is 6.22. The molecule has 0 amide bonds. The molecule has 0 aliphatic heterocycles. The molecule has 0 aromatic rings. The van der Waals surface area contributed by atoms with Crippen LogP contribution in [0.1, 0.15) is 83.5 Å². The van der Waals surface area contributed by atoms with E-state index in [-0.39, 0.29) is 0 Å². The van der Waals surface area contributed by atoms with Crippen LogP contribution in [0.2, 0.25) is 0 Å². The molecule has 2 nitrogen and oxygen atoms in total. The van der Waals surface area contributed by atoms with Crippen molar-refractivity contribution >= 4 is 0 Å². The van der Waals surface area contributed by atoms with Crippen LogP contribution in [0.25, 0.3) is 0 Å². The third-order valence-corrected chi connectivity index (χ3v) is 5.52. The molecule has 0 aromatic heterocycles. The molecule has 112 valence electrons. The lowest BCUT2D eigenvalue weighted by Crippen LogP contribution is -2.25. The highest BCUT2D eigenvalue weighted by Gasteiger charge is 2.24. The smallest absolute Gasteiger partial charge is 0.00388 e. The van der Waals surface area contributed by atoms with E-state index in [2.05, 4.69) is 0 Å². The zero-order chi connectivity index (χ0) is 13.5. The summed E-state index contributed by atoms with van der Waals surface area (Å²) in [5.74, 6) is 2.00. The average molecular weight is 266 g/mol. The van der Waals surface area contributed by atoms with Crippen molar-refractivity contribution in [2.75, 3.05) is 0 Å². The van der Waals surface area contributed by atoms with Gasteiger partial charge in [-0.1, -0.05) is 57.8 Å². The second-order valence-electron chi connectivity index (χ2n) is 7.12. The third-order valence-electron chi connectivity index (χ3n) is 5.52. The van der Waals surface area contributed by atoms with Crippen molar-refractivity contribution in [2.45, 2.75) is 95.6 Å². The molecule has 2 fully saturated rings. The fourth-order valence-corrected chi connectivity index (χ4v) is 4.26. The molecule has 0 spiro atoms. The van der Waals surface area contributed by atoms with Gasteiger partial charge in [0.05, 0.1) is 0 Å². The van der Waals surface area contributed by atoms with E-state index < -0.39 is 0 Å². The molecule has 3 atom stereocenters. The van der Waals surface area contributed by atoms with Gasteiger partial charge in [0, 0.05) is 12.1 Å².